The van der Waals surface area contributed by atoms with Crippen molar-refractivity contribution in [2.75, 3.05) is 5.75 Å². The lowest BCUT2D eigenvalue weighted by atomic mass is 10.1. The largest absolute Gasteiger partial charge is 0.475 e. The maximum Gasteiger partial charge on any atom is 0.373 e. The van der Waals surface area contributed by atoms with Gasteiger partial charge >= 0.3 is 5.97 Å². The van der Waals surface area contributed by atoms with Crippen molar-refractivity contribution in [3.05, 3.63) is 0 Å². The zero-order chi connectivity index (χ0) is 8.27. The van der Waals surface area contributed by atoms with Crippen LogP contribution >= 0.6 is 11.8 Å². The maximum atomic E-state index is 10.9. The fourth-order valence-electron chi connectivity index (χ4n) is 1.09. The molecule has 0 bridgehead atoms. The summed E-state index contributed by atoms with van der Waals surface area (Å²) in [6.07, 6.45) is 2.82. The van der Waals surface area contributed by atoms with Gasteiger partial charge in [-0.05, 0) is 18.6 Å². The van der Waals surface area contributed by atoms with Gasteiger partial charge in [-0.2, -0.15) is 0 Å². The minimum absolute atomic E-state index is 0.277. The summed E-state index contributed by atoms with van der Waals surface area (Å²) in [5.74, 6) is -0.997. The topological polar surface area (TPSA) is 54.4 Å². The van der Waals surface area contributed by atoms with Crippen molar-refractivity contribution >= 4 is 23.5 Å². The second kappa shape index (κ2) is 3.76. The van der Waals surface area contributed by atoms with Gasteiger partial charge in [-0.25, -0.2) is 4.79 Å². The van der Waals surface area contributed by atoms with Crippen LogP contribution in [0.15, 0.2) is 0 Å². The van der Waals surface area contributed by atoms with Crippen LogP contribution in [0.5, 0.6) is 0 Å². The quantitative estimate of drug-likeness (QED) is 0.633. The molecule has 3 nitrogen and oxygen atoms in total. The first-order valence-corrected chi connectivity index (χ1v) is 4.65. The second-order valence-corrected chi connectivity index (χ2v) is 3.84. The SMILES string of the molecule is O=C(O)C(=O)C1CCCCS1. The number of carboxylic acid groups (broad SMARTS) is 1. The molecule has 1 aliphatic rings. The highest BCUT2D eigenvalue weighted by molar-refractivity contribution is 8.00. The van der Waals surface area contributed by atoms with Gasteiger partial charge in [0.15, 0.2) is 0 Å². The second-order valence-electron chi connectivity index (χ2n) is 2.52. The number of hydrogen-bond donors (Lipinski definition) is 1. The Labute approximate surface area is 69.2 Å². The van der Waals surface area contributed by atoms with Crippen LogP contribution in [0.25, 0.3) is 0 Å². The number of carboxylic acids is 1. The number of carbonyl (C=O) groups excluding carboxylic acids is 1. The number of ketones is 1. The summed E-state index contributed by atoms with van der Waals surface area (Å²) in [4.78, 5) is 21.1. The van der Waals surface area contributed by atoms with Gasteiger partial charge in [0.1, 0.15) is 0 Å². The van der Waals surface area contributed by atoms with Crippen molar-refractivity contribution in [1.82, 2.24) is 0 Å². The molecule has 1 fully saturated rings. The van der Waals surface area contributed by atoms with Crippen LogP contribution in [0.3, 0.4) is 0 Å². The molecule has 1 unspecified atom stereocenters. The third-order valence-corrected chi connectivity index (χ3v) is 3.06. The number of thioether (sulfide) groups is 1. The molecule has 62 valence electrons. The lowest BCUT2D eigenvalue weighted by molar-refractivity contribution is -0.148. The van der Waals surface area contributed by atoms with Gasteiger partial charge in [-0.15, -0.1) is 11.8 Å². The van der Waals surface area contributed by atoms with Crippen molar-refractivity contribution in [2.45, 2.75) is 24.5 Å². The Bertz CT molecular complexity index is 173. The van der Waals surface area contributed by atoms with Gasteiger partial charge in [0, 0.05) is 0 Å². The lowest BCUT2D eigenvalue weighted by Gasteiger charge is -2.17. The van der Waals surface area contributed by atoms with E-state index >= 15 is 0 Å². The molecule has 4 heteroatoms. The summed E-state index contributed by atoms with van der Waals surface area (Å²) in [5.41, 5.74) is 0. The first-order valence-electron chi connectivity index (χ1n) is 3.60. The maximum absolute atomic E-state index is 10.9. The van der Waals surface area contributed by atoms with Gasteiger partial charge in [-0.1, -0.05) is 6.42 Å². The van der Waals surface area contributed by atoms with Crippen molar-refractivity contribution < 1.29 is 14.7 Å². The van der Waals surface area contributed by atoms with Gasteiger partial charge in [0.2, 0.25) is 0 Å². The van der Waals surface area contributed by atoms with Crippen LogP contribution < -0.4 is 0 Å². The van der Waals surface area contributed by atoms with E-state index in [2.05, 4.69) is 0 Å². The fourth-order valence-corrected chi connectivity index (χ4v) is 2.33. The van der Waals surface area contributed by atoms with Gasteiger partial charge in [0.25, 0.3) is 5.78 Å². The molecule has 0 aromatic rings. The molecular weight excluding hydrogens is 164 g/mol. The molecule has 0 saturated carbocycles. The molecule has 11 heavy (non-hydrogen) atoms. The van der Waals surface area contributed by atoms with Gasteiger partial charge in [-0.3, -0.25) is 4.79 Å². The molecule has 0 aliphatic carbocycles. The van der Waals surface area contributed by atoms with Crippen LogP contribution in [-0.2, 0) is 9.59 Å². The molecule has 0 radical (unpaired) electrons. The Kier molecular flexibility index (Phi) is 2.93. The van der Waals surface area contributed by atoms with E-state index < -0.39 is 11.8 Å². The Morgan fingerprint density at radius 1 is 1.36 bits per heavy atom. The van der Waals surface area contributed by atoms with Crippen LogP contribution in [0, 0.1) is 0 Å². The molecule has 1 saturated heterocycles. The lowest BCUT2D eigenvalue weighted by Crippen LogP contribution is -2.27. The van der Waals surface area contributed by atoms with Crippen molar-refractivity contribution in [1.29, 1.82) is 0 Å². The third-order valence-electron chi connectivity index (χ3n) is 1.68. The molecule has 0 amide bonds. The molecular formula is C7H10O3S. The monoisotopic (exact) mass is 174 g/mol. The fraction of sp³-hybridized carbons (Fsp3) is 0.714. The Balaban J connectivity index is 2.45. The highest BCUT2D eigenvalue weighted by atomic mass is 32.2. The van der Waals surface area contributed by atoms with E-state index in [0.29, 0.717) is 0 Å². The normalized spacial score (nSPS) is 24.5. The van der Waals surface area contributed by atoms with Gasteiger partial charge in [0.05, 0.1) is 5.25 Å². The summed E-state index contributed by atoms with van der Waals surface area (Å²) in [5, 5.41) is 8.09. The number of Topliss-reactive ketones (excluding diaryl/α,β-unsaturated/α-hetero) is 1. The van der Waals surface area contributed by atoms with Gasteiger partial charge < -0.3 is 5.11 Å². The Morgan fingerprint density at radius 2 is 2.09 bits per heavy atom. The molecule has 1 atom stereocenters. The van der Waals surface area contributed by atoms with Crippen molar-refractivity contribution in [3.63, 3.8) is 0 Å². The summed E-state index contributed by atoms with van der Waals surface area (Å²) in [6.45, 7) is 0. The van der Waals surface area contributed by atoms with Crippen LogP contribution in [0.1, 0.15) is 19.3 Å². The Morgan fingerprint density at radius 3 is 2.55 bits per heavy atom. The molecule has 1 rings (SSSR count). The van der Waals surface area contributed by atoms with E-state index in [4.69, 9.17) is 5.11 Å². The summed E-state index contributed by atoms with van der Waals surface area (Å²) in [7, 11) is 0. The number of rotatable bonds is 2. The first kappa shape index (κ1) is 8.59. The number of carbonyl (C=O) groups is 2. The predicted octanol–water partition coefficient (Wildman–Crippen LogP) is 0.926. The predicted molar refractivity (Wildman–Crippen MR) is 42.7 cm³/mol. The minimum Gasteiger partial charge on any atom is -0.475 e. The zero-order valence-electron chi connectivity index (χ0n) is 6.08. The van der Waals surface area contributed by atoms with E-state index in [-0.39, 0.29) is 5.25 Å². The summed E-state index contributed by atoms with van der Waals surface area (Å²) in [6, 6.07) is 0. The molecule has 0 spiro atoms. The third kappa shape index (κ3) is 2.22. The van der Waals surface area contributed by atoms with E-state index in [9.17, 15) is 9.59 Å². The number of aliphatic carboxylic acids is 1. The average molecular weight is 174 g/mol. The van der Waals surface area contributed by atoms with E-state index in [1.165, 1.54) is 11.8 Å². The first-order chi connectivity index (χ1) is 5.22. The average Bonchev–Trinajstić information content (AvgIpc) is 2.05. The molecule has 0 aromatic carbocycles. The molecule has 1 aliphatic heterocycles. The van der Waals surface area contributed by atoms with Crippen LogP contribution in [-0.4, -0.2) is 27.9 Å². The molecule has 0 aromatic heterocycles. The molecule has 1 heterocycles. The standard InChI is InChI=1S/C7H10O3S/c8-6(7(9)10)5-3-1-2-4-11-5/h5H,1-4H2,(H,9,10). The number of hydrogen-bond acceptors (Lipinski definition) is 3. The van der Waals surface area contributed by atoms with Crippen LogP contribution in [0.2, 0.25) is 0 Å². The van der Waals surface area contributed by atoms with Crippen molar-refractivity contribution in [3.8, 4) is 0 Å². The highest BCUT2D eigenvalue weighted by Crippen LogP contribution is 2.25. The van der Waals surface area contributed by atoms with Crippen LogP contribution in [0.4, 0.5) is 0 Å². The van der Waals surface area contributed by atoms with E-state index in [1.54, 1.807) is 0 Å². The summed E-state index contributed by atoms with van der Waals surface area (Å²) < 4.78 is 0. The van der Waals surface area contributed by atoms with E-state index in [1.807, 2.05) is 0 Å². The smallest absolute Gasteiger partial charge is 0.373 e. The summed E-state index contributed by atoms with van der Waals surface area (Å²) >= 11 is 1.47. The zero-order valence-corrected chi connectivity index (χ0v) is 6.89. The van der Waals surface area contributed by atoms with Crippen molar-refractivity contribution in [2.24, 2.45) is 0 Å². The Hall–Kier alpha value is -0.510. The van der Waals surface area contributed by atoms with E-state index in [0.717, 1.165) is 25.0 Å². The molecule has 1 N–H and O–H groups in total. The highest BCUT2D eigenvalue weighted by Gasteiger charge is 2.26. The minimum atomic E-state index is -1.29.